The van der Waals surface area contributed by atoms with Crippen molar-refractivity contribution in [2.24, 2.45) is 0 Å². The van der Waals surface area contributed by atoms with Crippen LogP contribution in [0.25, 0.3) is 0 Å². The van der Waals surface area contributed by atoms with Crippen LogP contribution in [0.4, 0.5) is 0 Å². The van der Waals surface area contributed by atoms with Gasteiger partial charge < -0.3 is 5.32 Å². The van der Waals surface area contributed by atoms with Crippen molar-refractivity contribution in [1.82, 2.24) is 5.32 Å². The number of hydrogen-bond donors (Lipinski definition) is 1. The van der Waals surface area contributed by atoms with E-state index in [0.717, 1.165) is 18.1 Å². The summed E-state index contributed by atoms with van der Waals surface area (Å²) in [5, 5.41) is 4.19. The predicted octanol–water partition coefficient (Wildman–Crippen LogP) is 2.27. The molecule has 1 aliphatic heterocycles. The standard InChI is InChI=1S/C11H19NS/c1-3-4-7-10(12-2)11-8-5-6-9-13-11/h1,10-12H,4-9H2,2H3. The molecule has 2 atom stereocenters. The molecule has 0 bridgehead atoms. The summed E-state index contributed by atoms with van der Waals surface area (Å²) in [6.07, 6.45) is 11.5. The van der Waals surface area contributed by atoms with E-state index in [-0.39, 0.29) is 0 Å². The number of terminal acetylenes is 1. The Morgan fingerprint density at radius 1 is 1.62 bits per heavy atom. The highest BCUT2D eigenvalue weighted by Crippen LogP contribution is 2.28. The maximum absolute atomic E-state index is 5.28. The summed E-state index contributed by atoms with van der Waals surface area (Å²) >= 11 is 2.12. The Hall–Kier alpha value is -0.130. The van der Waals surface area contributed by atoms with E-state index in [0.29, 0.717) is 6.04 Å². The van der Waals surface area contributed by atoms with E-state index < -0.39 is 0 Å². The summed E-state index contributed by atoms with van der Waals surface area (Å²) in [4.78, 5) is 0. The molecule has 0 aromatic rings. The first-order chi connectivity index (χ1) is 6.38. The van der Waals surface area contributed by atoms with E-state index in [1.807, 2.05) is 0 Å². The van der Waals surface area contributed by atoms with Gasteiger partial charge in [-0.3, -0.25) is 0 Å². The summed E-state index contributed by atoms with van der Waals surface area (Å²) in [5.74, 6) is 4.05. The molecule has 13 heavy (non-hydrogen) atoms. The summed E-state index contributed by atoms with van der Waals surface area (Å²) < 4.78 is 0. The lowest BCUT2D eigenvalue weighted by Gasteiger charge is -2.29. The smallest absolute Gasteiger partial charge is 0.0201 e. The van der Waals surface area contributed by atoms with Crippen molar-refractivity contribution in [2.45, 2.75) is 43.4 Å². The first-order valence-corrected chi connectivity index (χ1v) is 6.15. The van der Waals surface area contributed by atoms with Gasteiger partial charge in [-0.2, -0.15) is 11.8 Å². The Morgan fingerprint density at radius 3 is 3.00 bits per heavy atom. The van der Waals surface area contributed by atoms with Gasteiger partial charge >= 0.3 is 0 Å². The van der Waals surface area contributed by atoms with Gasteiger partial charge in [-0.1, -0.05) is 6.42 Å². The summed E-state index contributed by atoms with van der Waals surface area (Å²) in [6, 6.07) is 0.626. The van der Waals surface area contributed by atoms with Crippen LogP contribution in [0.2, 0.25) is 0 Å². The second-order valence-corrected chi connectivity index (χ2v) is 4.89. The van der Waals surface area contributed by atoms with Gasteiger partial charge in [0.25, 0.3) is 0 Å². The van der Waals surface area contributed by atoms with Crippen LogP contribution in [0.1, 0.15) is 32.1 Å². The molecule has 1 nitrogen and oxygen atoms in total. The van der Waals surface area contributed by atoms with Crippen LogP contribution in [0.3, 0.4) is 0 Å². The van der Waals surface area contributed by atoms with Gasteiger partial charge in [0.15, 0.2) is 0 Å². The maximum Gasteiger partial charge on any atom is 0.0201 e. The number of hydrogen-bond acceptors (Lipinski definition) is 2. The van der Waals surface area contributed by atoms with Gasteiger partial charge in [-0.05, 0) is 32.1 Å². The van der Waals surface area contributed by atoms with Gasteiger partial charge in [-0.15, -0.1) is 12.3 Å². The first-order valence-electron chi connectivity index (χ1n) is 5.11. The van der Waals surface area contributed by atoms with Gasteiger partial charge in [0.2, 0.25) is 0 Å². The average molecular weight is 197 g/mol. The van der Waals surface area contributed by atoms with Crippen LogP contribution in [0.5, 0.6) is 0 Å². The molecular weight excluding hydrogens is 178 g/mol. The average Bonchev–Trinajstić information content (AvgIpc) is 2.21. The fourth-order valence-corrected chi connectivity index (χ4v) is 3.35. The Labute approximate surface area is 86.1 Å². The third-order valence-electron chi connectivity index (χ3n) is 2.63. The van der Waals surface area contributed by atoms with E-state index >= 15 is 0 Å². The van der Waals surface area contributed by atoms with E-state index in [4.69, 9.17) is 6.42 Å². The van der Waals surface area contributed by atoms with Crippen LogP contribution < -0.4 is 5.32 Å². The molecule has 1 rings (SSSR count). The Bertz CT molecular complexity index is 167. The van der Waals surface area contributed by atoms with Crippen LogP contribution in [0, 0.1) is 12.3 Å². The van der Waals surface area contributed by atoms with Crippen molar-refractivity contribution in [2.75, 3.05) is 12.8 Å². The van der Waals surface area contributed by atoms with E-state index in [1.165, 1.54) is 25.0 Å². The molecule has 74 valence electrons. The van der Waals surface area contributed by atoms with E-state index in [9.17, 15) is 0 Å². The molecule has 0 aromatic heterocycles. The molecule has 2 unspecified atom stereocenters. The molecule has 0 amide bonds. The number of thioether (sulfide) groups is 1. The third kappa shape index (κ3) is 3.62. The topological polar surface area (TPSA) is 12.0 Å². The Kier molecular flexibility index (Phi) is 5.34. The van der Waals surface area contributed by atoms with Crippen molar-refractivity contribution in [3.05, 3.63) is 0 Å². The summed E-state index contributed by atoms with van der Waals surface area (Å²) in [5.41, 5.74) is 0. The quantitative estimate of drug-likeness (QED) is 0.694. The second-order valence-electron chi connectivity index (χ2n) is 3.54. The lowest BCUT2D eigenvalue weighted by molar-refractivity contribution is 0.475. The van der Waals surface area contributed by atoms with Crippen molar-refractivity contribution in [3.63, 3.8) is 0 Å². The molecule has 0 radical (unpaired) electrons. The molecule has 0 saturated carbocycles. The number of nitrogens with one attached hydrogen (secondary N) is 1. The van der Waals surface area contributed by atoms with Crippen molar-refractivity contribution in [1.29, 1.82) is 0 Å². The molecule has 0 spiro atoms. The van der Waals surface area contributed by atoms with Gasteiger partial charge in [0.1, 0.15) is 0 Å². The van der Waals surface area contributed by atoms with Crippen molar-refractivity contribution in [3.8, 4) is 12.3 Å². The molecule has 2 heteroatoms. The second kappa shape index (κ2) is 6.34. The minimum Gasteiger partial charge on any atom is -0.316 e. The molecule has 1 heterocycles. The van der Waals surface area contributed by atoms with Crippen molar-refractivity contribution < 1.29 is 0 Å². The first kappa shape index (κ1) is 10.9. The molecule has 1 aliphatic rings. The van der Waals surface area contributed by atoms with Gasteiger partial charge in [0.05, 0.1) is 0 Å². The Morgan fingerprint density at radius 2 is 2.46 bits per heavy atom. The Balaban J connectivity index is 2.31. The lowest BCUT2D eigenvalue weighted by atomic mass is 10.0. The van der Waals surface area contributed by atoms with E-state index in [1.54, 1.807) is 0 Å². The highest BCUT2D eigenvalue weighted by molar-refractivity contribution is 8.00. The SMILES string of the molecule is C#CCCC(NC)C1CCCCS1. The summed E-state index contributed by atoms with van der Waals surface area (Å²) in [7, 11) is 2.05. The third-order valence-corrected chi connectivity index (χ3v) is 4.15. The van der Waals surface area contributed by atoms with Crippen molar-refractivity contribution >= 4 is 11.8 Å². The zero-order valence-corrected chi connectivity index (χ0v) is 9.20. The van der Waals surface area contributed by atoms with Gasteiger partial charge in [0, 0.05) is 17.7 Å². The fourth-order valence-electron chi connectivity index (χ4n) is 1.84. The maximum atomic E-state index is 5.28. The molecule has 1 saturated heterocycles. The largest absolute Gasteiger partial charge is 0.316 e. The number of rotatable bonds is 4. The predicted molar refractivity (Wildman–Crippen MR) is 61.0 cm³/mol. The minimum absolute atomic E-state index is 0.626. The normalized spacial score (nSPS) is 25.1. The lowest BCUT2D eigenvalue weighted by Crippen LogP contribution is -2.37. The zero-order chi connectivity index (χ0) is 9.52. The molecular formula is C11H19NS. The molecule has 0 aliphatic carbocycles. The zero-order valence-electron chi connectivity index (χ0n) is 8.38. The summed E-state index contributed by atoms with van der Waals surface area (Å²) in [6.45, 7) is 0. The highest BCUT2D eigenvalue weighted by atomic mass is 32.2. The van der Waals surface area contributed by atoms with E-state index in [2.05, 4.69) is 30.0 Å². The molecule has 0 aromatic carbocycles. The van der Waals surface area contributed by atoms with Crippen LogP contribution >= 0.6 is 11.8 Å². The highest BCUT2D eigenvalue weighted by Gasteiger charge is 2.21. The molecule has 1 N–H and O–H groups in total. The van der Waals surface area contributed by atoms with Gasteiger partial charge in [-0.25, -0.2) is 0 Å². The van der Waals surface area contributed by atoms with Crippen LogP contribution in [-0.2, 0) is 0 Å². The van der Waals surface area contributed by atoms with Crippen LogP contribution in [0.15, 0.2) is 0 Å². The molecule has 1 fully saturated rings. The fraction of sp³-hybridized carbons (Fsp3) is 0.818. The monoisotopic (exact) mass is 197 g/mol. The minimum atomic E-state index is 0.626. The van der Waals surface area contributed by atoms with Crippen LogP contribution in [-0.4, -0.2) is 24.1 Å².